The lowest BCUT2D eigenvalue weighted by Crippen LogP contribution is -2.13. The van der Waals surface area contributed by atoms with Crippen LogP contribution in [0.5, 0.6) is 5.75 Å². The zero-order valence-corrected chi connectivity index (χ0v) is 19.7. The zero-order valence-electron chi connectivity index (χ0n) is 19.7. The zero-order chi connectivity index (χ0) is 24.5. The Morgan fingerprint density at radius 1 is 0.806 bits per heavy atom. The molecular formula is C31H23N3O2. The fourth-order valence-corrected chi connectivity index (χ4v) is 4.46. The highest BCUT2D eigenvalue weighted by molar-refractivity contribution is 6.13. The third kappa shape index (κ3) is 4.07. The van der Waals surface area contributed by atoms with Crippen molar-refractivity contribution in [3.8, 4) is 28.1 Å². The van der Waals surface area contributed by atoms with Gasteiger partial charge in [0.1, 0.15) is 5.75 Å². The summed E-state index contributed by atoms with van der Waals surface area (Å²) in [6.45, 7) is 0. The number of aromatic amines is 1. The second kappa shape index (κ2) is 9.04. The number of carbonyl (C=O) groups is 1. The predicted octanol–water partition coefficient (Wildman–Crippen LogP) is 7.31. The first kappa shape index (κ1) is 21.6. The average Bonchev–Trinajstić information content (AvgIpc) is 3.41. The van der Waals surface area contributed by atoms with E-state index < -0.39 is 0 Å². The minimum Gasteiger partial charge on any atom is -0.497 e. The van der Waals surface area contributed by atoms with Gasteiger partial charge in [-0.3, -0.25) is 4.79 Å². The second-order valence-corrected chi connectivity index (χ2v) is 8.62. The monoisotopic (exact) mass is 469 g/mol. The van der Waals surface area contributed by atoms with Gasteiger partial charge in [0.15, 0.2) is 0 Å². The van der Waals surface area contributed by atoms with Crippen LogP contribution in [0.15, 0.2) is 109 Å². The molecular weight excluding hydrogens is 446 g/mol. The number of ether oxygens (including phenoxy) is 1. The van der Waals surface area contributed by atoms with Crippen LogP contribution in [0.4, 0.5) is 5.69 Å². The normalized spacial score (nSPS) is 11.0. The van der Waals surface area contributed by atoms with Crippen LogP contribution < -0.4 is 10.1 Å². The van der Waals surface area contributed by atoms with Crippen molar-refractivity contribution in [1.82, 2.24) is 9.97 Å². The van der Waals surface area contributed by atoms with E-state index in [1.54, 1.807) is 7.11 Å². The Labute approximate surface area is 208 Å². The van der Waals surface area contributed by atoms with E-state index in [4.69, 9.17) is 9.72 Å². The van der Waals surface area contributed by atoms with Gasteiger partial charge in [-0.25, -0.2) is 4.98 Å². The van der Waals surface area contributed by atoms with Gasteiger partial charge in [-0.2, -0.15) is 0 Å². The van der Waals surface area contributed by atoms with Crippen molar-refractivity contribution in [3.05, 3.63) is 115 Å². The van der Waals surface area contributed by atoms with Crippen LogP contribution >= 0.6 is 0 Å². The third-order valence-corrected chi connectivity index (χ3v) is 6.36. The number of benzene rings is 4. The van der Waals surface area contributed by atoms with Crippen molar-refractivity contribution in [1.29, 1.82) is 0 Å². The molecule has 2 heterocycles. The van der Waals surface area contributed by atoms with Crippen molar-refractivity contribution in [2.24, 2.45) is 0 Å². The molecule has 0 radical (unpaired) electrons. The van der Waals surface area contributed by atoms with Crippen LogP contribution in [-0.2, 0) is 0 Å². The lowest BCUT2D eigenvalue weighted by Gasteiger charge is -2.12. The minimum atomic E-state index is -0.189. The first-order chi connectivity index (χ1) is 17.7. The smallest absolute Gasteiger partial charge is 0.256 e. The molecule has 0 saturated heterocycles. The number of fused-ring (bicyclic) bond motifs is 2. The lowest BCUT2D eigenvalue weighted by molar-refractivity contribution is 0.102. The van der Waals surface area contributed by atoms with E-state index in [0.717, 1.165) is 39.0 Å². The van der Waals surface area contributed by atoms with E-state index in [1.165, 1.54) is 5.39 Å². The number of rotatable bonds is 5. The predicted molar refractivity (Wildman–Crippen MR) is 145 cm³/mol. The molecule has 174 valence electrons. The molecule has 0 aliphatic rings. The summed E-state index contributed by atoms with van der Waals surface area (Å²) in [6.07, 6.45) is 1.94. The van der Waals surface area contributed by atoms with Crippen LogP contribution in [0.25, 0.3) is 44.2 Å². The van der Waals surface area contributed by atoms with E-state index >= 15 is 0 Å². The van der Waals surface area contributed by atoms with Crippen LogP contribution in [-0.4, -0.2) is 23.0 Å². The molecule has 0 aliphatic heterocycles. The summed E-state index contributed by atoms with van der Waals surface area (Å²) in [5, 5.41) is 4.99. The molecule has 2 N–H and O–H groups in total. The largest absolute Gasteiger partial charge is 0.497 e. The van der Waals surface area contributed by atoms with Crippen molar-refractivity contribution in [2.45, 2.75) is 0 Å². The first-order valence-electron chi connectivity index (χ1n) is 11.7. The summed E-state index contributed by atoms with van der Waals surface area (Å²) in [7, 11) is 1.62. The molecule has 0 saturated carbocycles. The van der Waals surface area contributed by atoms with Crippen molar-refractivity contribution < 1.29 is 9.53 Å². The van der Waals surface area contributed by atoms with E-state index in [2.05, 4.69) is 34.6 Å². The van der Waals surface area contributed by atoms with Crippen molar-refractivity contribution in [3.63, 3.8) is 0 Å². The lowest BCUT2D eigenvalue weighted by atomic mass is 10.0. The summed E-state index contributed by atoms with van der Waals surface area (Å²) in [5.74, 6) is 0.506. The van der Waals surface area contributed by atoms with Gasteiger partial charge in [0, 0.05) is 34.4 Å². The molecule has 5 heteroatoms. The first-order valence-corrected chi connectivity index (χ1v) is 11.7. The van der Waals surface area contributed by atoms with Gasteiger partial charge in [0.25, 0.3) is 5.91 Å². The average molecular weight is 470 g/mol. The number of methoxy groups -OCH3 is 1. The van der Waals surface area contributed by atoms with Gasteiger partial charge in [-0.05, 0) is 65.0 Å². The molecule has 0 unspecified atom stereocenters. The highest BCUT2D eigenvalue weighted by Crippen LogP contribution is 2.29. The van der Waals surface area contributed by atoms with E-state index in [1.807, 2.05) is 85.1 Å². The Morgan fingerprint density at radius 2 is 1.61 bits per heavy atom. The topological polar surface area (TPSA) is 67.0 Å². The molecule has 6 rings (SSSR count). The molecule has 4 aromatic carbocycles. The van der Waals surface area contributed by atoms with Gasteiger partial charge in [0.05, 0.1) is 23.9 Å². The molecule has 5 nitrogen and oxygen atoms in total. The fraction of sp³-hybridized carbons (Fsp3) is 0.0323. The number of amides is 1. The van der Waals surface area contributed by atoms with Crippen LogP contribution in [0.2, 0.25) is 0 Å². The summed E-state index contributed by atoms with van der Waals surface area (Å²) in [5.41, 5.74) is 6.99. The number of pyridine rings is 1. The van der Waals surface area contributed by atoms with Gasteiger partial charge in [-0.15, -0.1) is 0 Å². The number of nitrogens with one attached hydrogen (secondary N) is 2. The molecule has 2 aromatic heterocycles. The van der Waals surface area contributed by atoms with E-state index in [9.17, 15) is 4.79 Å². The quantitative estimate of drug-likeness (QED) is 0.278. The Balaban J connectivity index is 1.33. The van der Waals surface area contributed by atoms with Crippen LogP contribution in [0, 0.1) is 0 Å². The molecule has 0 aliphatic carbocycles. The maximum absolute atomic E-state index is 13.5. The highest BCUT2D eigenvalue weighted by Gasteiger charge is 2.15. The van der Waals surface area contributed by atoms with E-state index in [-0.39, 0.29) is 5.91 Å². The molecule has 6 aromatic rings. The number of nitrogens with zero attached hydrogens (tertiary/aromatic N) is 1. The number of hydrogen-bond donors (Lipinski definition) is 2. The number of hydrogen-bond acceptors (Lipinski definition) is 3. The number of carbonyl (C=O) groups excluding carboxylic acids is 1. The SMILES string of the molecule is COc1ccc2c(C(=O)Nc3ccc(-c4ccc5[nH]ccc5c4)cc3)cc(-c3ccccc3)nc2c1. The summed E-state index contributed by atoms with van der Waals surface area (Å²) >= 11 is 0. The second-order valence-electron chi connectivity index (χ2n) is 8.62. The molecule has 0 fully saturated rings. The highest BCUT2D eigenvalue weighted by atomic mass is 16.5. The Morgan fingerprint density at radius 3 is 2.42 bits per heavy atom. The van der Waals surface area contributed by atoms with Crippen LogP contribution in [0.3, 0.4) is 0 Å². The van der Waals surface area contributed by atoms with Gasteiger partial charge >= 0.3 is 0 Å². The Hall–Kier alpha value is -4.90. The van der Waals surface area contributed by atoms with E-state index in [0.29, 0.717) is 16.8 Å². The summed E-state index contributed by atoms with van der Waals surface area (Å²) in [4.78, 5) is 21.5. The van der Waals surface area contributed by atoms with Gasteiger partial charge < -0.3 is 15.0 Å². The minimum absolute atomic E-state index is 0.189. The molecule has 0 spiro atoms. The third-order valence-electron chi connectivity index (χ3n) is 6.36. The molecule has 0 bridgehead atoms. The summed E-state index contributed by atoms with van der Waals surface area (Å²) in [6, 6.07) is 33.6. The van der Waals surface area contributed by atoms with Crippen LogP contribution in [0.1, 0.15) is 10.4 Å². The molecule has 0 atom stereocenters. The maximum Gasteiger partial charge on any atom is 0.256 e. The maximum atomic E-state index is 13.5. The van der Waals surface area contributed by atoms with Gasteiger partial charge in [0.2, 0.25) is 0 Å². The number of anilines is 1. The summed E-state index contributed by atoms with van der Waals surface area (Å²) < 4.78 is 5.39. The fourth-order valence-electron chi connectivity index (χ4n) is 4.46. The Kier molecular flexibility index (Phi) is 5.43. The molecule has 36 heavy (non-hydrogen) atoms. The standard InChI is InChI=1S/C31H23N3O2/c1-36-25-12-13-26-27(19-29(34-30(26)18-25)21-5-3-2-4-6-21)31(35)33-24-10-7-20(8-11-24)22-9-14-28-23(17-22)15-16-32-28/h2-19,32H,1H3,(H,33,35). The number of H-pyrrole nitrogens is 1. The van der Waals surface area contributed by atoms with Crippen molar-refractivity contribution in [2.75, 3.05) is 12.4 Å². The Bertz CT molecular complexity index is 1700. The van der Waals surface area contributed by atoms with Crippen molar-refractivity contribution >= 4 is 33.4 Å². The number of aromatic nitrogens is 2. The molecule has 1 amide bonds. The van der Waals surface area contributed by atoms with Gasteiger partial charge in [-0.1, -0.05) is 48.5 Å².